The van der Waals surface area contributed by atoms with Crippen LogP contribution in [-0.2, 0) is 11.3 Å². The van der Waals surface area contributed by atoms with Crippen molar-refractivity contribution in [2.75, 3.05) is 19.5 Å². The zero-order valence-electron chi connectivity index (χ0n) is 10.9. The van der Waals surface area contributed by atoms with Gasteiger partial charge in [0.2, 0.25) is 0 Å². The lowest BCUT2D eigenvalue weighted by Crippen LogP contribution is -2.06. The molecule has 7 heteroatoms. The minimum atomic E-state index is -0.540. The molecular weight excluding hydrogens is 376 g/mol. The molecule has 0 saturated carbocycles. The Labute approximate surface area is 129 Å². The molecule has 0 aliphatic carbocycles. The van der Waals surface area contributed by atoms with Crippen molar-refractivity contribution in [1.29, 1.82) is 0 Å². The summed E-state index contributed by atoms with van der Waals surface area (Å²) in [6.07, 6.45) is 0. The van der Waals surface area contributed by atoms with E-state index in [1.54, 1.807) is 14.2 Å². The standard InChI is InChI=1S/C13H13FIN3O2/c1-16-13-11(15)10(6-20-2)17-12(18-13)7-3-8(14)5-9(19)4-7/h3-5,19H,6H2,1-2H3,(H,16,17,18). The fourth-order valence-electron chi connectivity index (χ4n) is 1.72. The number of aromatic hydroxyl groups is 1. The largest absolute Gasteiger partial charge is 0.508 e. The molecule has 0 amide bonds. The summed E-state index contributed by atoms with van der Waals surface area (Å²) in [6, 6.07) is 3.73. The maximum Gasteiger partial charge on any atom is 0.162 e. The highest BCUT2D eigenvalue weighted by atomic mass is 127. The highest BCUT2D eigenvalue weighted by Crippen LogP contribution is 2.27. The molecule has 2 N–H and O–H groups in total. The third-order valence-electron chi connectivity index (χ3n) is 2.58. The predicted molar refractivity (Wildman–Crippen MR) is 82.1 cm³/mol. The summed E-state index contributed by atoms with van der Waals surface area (Å²) in [4.78, 5) is 8.68. The van der Waals surface area contributed by atoms with E-state index in [4.69, 9.17) is 4.74 Å². The Kier molecular flexibility index (Phi) is 4.71. The van der Waals surface area contributed by atoms with E-state index in [0.29, 0.717) is 29.5 Å². The zero-order valence-corrected chi connectivity index (χ0v) is 13.1. The first-order valence-electron chi connectivity index (χ1n) is 5.78. The summed E-state index contributed by atoms with van der Waals surface area (Å²) in [5, 5.41) is 12.4. The van der Waals surface area contributed by atoms with Gasteiger partial charge in [-0.3, -0.25) is 0 Å². The summed E-state index contributed by atoms with van der Waals surface area (Å²) < 4.78 is 19.3. The summed E-state index contributed by atoms with van der Waals surface area (Å²) in [7, 11) is 3.32. The highest BCUT2D eigenvalue weighted by molar-refractivity contribution is 14.1. The number of rotatable bonds is 4. The number of aromatic nitrogens is 2. The van der Waals surface area contributed by atoms with Gasteiger partial charge in [0.25, 0.3) is 0 Å². The number of benzene rings is 1. The van der Waals surface area contributed by atoms with Crippen molar-refractivity contribution < 1.29 is 14.2 Å². The van der Waals surface area contributed by atoms with Crippen LogP contribution in [0.25, 0.3) is 11.4 Å². The van der Waals surface area contributed by atoms with Crippen LogP contribution in [0.4, 0.5) is 10.2 Å². The molecule has 0 aliphatic heterocycles. The molecule has 0 saturated heterocycles. The number of phenols is 1. The van der Waals surface area contributed by atoms with Crippen molar-refractivity contribution in [3.05, 3.63) is 33.3 Å². The molecule has 0 spiro atoms. The molecule has 2 rings (SSSR count). The third-order valence-corrected chi connectivity index (χ3v) is 3.71. The summed E-state index contributed by atoms with van der Waals surface area (Å²) >= 11 is 2.12. The van der Waals surface area contributed by atoms with Gasteiger partial charge in [-0.1, -0.05) is 0 Å². The van der Waals surface area contributed by atoms with Crippen molar-refractivity contribution in [2.45, 2.75) is 6.61 Å². The van der Waals surface area contributed by atoms with Crippen molar-refractivity contribution >= 4 is 28.4 Å². The van der Waals surface area contributed by atoms with Gasteiger partial charge in [-0.15, -0.1) is 0 Å². The van der Waals surface area contributed by atoms with Gasteiger partial charge >= 0.3 is 0 Å². The third kappa shape index (κ3) is 3.15. The molecule has 0 aliphatic rings. The van der Waals surface area contributed by atoms with Crippen molar-refractivity contribution in [1.82, 2.24) is 9.97 Å². The van der Waals surface area contributed by atoms with Gasteiger partial charge in [-0.05, 0) is 34.7 Å². The number of hydrogen-bond acceptors (Lipinski definition) is 5. The molecular formula is C13H13FIN3O2. The maximum absolute atomic E-state index is 13.4. The van der Waals surface area contributed by atoms with Crippen LogP contribution in [0, 0.1) is 9.39 Å². The first kappa shape index (κ1) is 14.9. The molecule has 0 radical (unpaired) electrons. The highest BCUT2D eigenvalue weighted by Gasteiger charge is 2.13. The van der Waals surface area contributed by atoms with Gasteiger partial charge in [0.15, 0.2) is 5.82 Å². The molecule has 0 bridgehead atoms. The SMILES string of the molecule is CNc1nc(-c2cc(O)cc(F)c2)nc(COC)c1I. The lowest BCUT2D eigenvalue weighted by molar-refractivity contribution is 0.181. The van der Waals surface area contributed by atoms with Crippen molar-refractivity contribution in [3.63, 3.8) is 0 Å². The lowest BCUT2D eigenvalue weighted by atomic mass is 10.2. The number of ether oxygens (including phenoxy) is 1. The Morgan fingerprint density at radius 1 is 1.35 bits per heavy atom. The van der Waals surface area contributed by atoms with Gasteiger partial charge in [0, 0.05) is 25.8 Å². The van der Waals surface area contributed by atoms with Crippen molar-refractivity contribution in [2.24, 2.45) is 0 Å². The second kappa shape index (κ2) is 6.31. The average Bonchev–Trinajstić information content (AvgIpc) is 2.40. The van der Waals surface area contributed by atoms with E-state index in [1.807, 2.05) is 0 Å². The first-order valence-corrected chi connectivity index (χ1v) is 6.86. The van der Waals surface area contributed by atoms with Crippen LogP contribution in [0.15, 0.2) is 18.2 Å². The fourth-order valence-corrected chi connectivity index (χ4v) is 2.39. The molecule has 5 nitrogen and oxygen atoms in total. The number of halogens is 2. The van der Waals surface area contributed by atoms with Gasteiger partial charge in [0.1, 0.15) is 17.4 Å². The molecule has 0 atom stereocenters. The van der Waals surface area contributed by atoms with E-state index in [0.717, 1.165) is 9.64 Å². The van der Waals surface area contributed by atoms with E-state index < -0.39 is 5.82 Å². The summed E-state index contributed by atoms with van der Waals surface area (Å²) in [6.45, 7) is 0.323. The smallest absolute Gasteiger partial charge is 0.162 e. The molecule has 106 valence electrons. The molecule has 1 heterocycles. The lowest BCUT2D eigenvalue weighted by Gasteiger charge is -2.11. The predicted octanol–water partition coefficient (Wildman–Crippen LogP) is 2.78. The zero-order chi connectivity index (χ0) is 14.7. The molecule has 1 aromatic heterocycles. The van der Waals surface area contributed by atoms with E-state index in [1.165, 1.54) is 12.1 Å². The summed E-state index contributed by atoms with van der Waals surface area (Å²) in [5.74, 6) is 0.255. The van der Waals surface area contributed by atoms with Crippen LogP contribution in [0.5, 0.6) is 5.75 Å². The topological polar surface area (TPSA) is 67.3 Å². The van der Waals surface area contributed by atoms with Gasteiger partial charge in [-0.25, -0.2) is 14.4 Å². The minimum absolute atomic E-state index is 0.165. The normalized spacial score (nSPS) is 10.6. The van der Waals surface area contributed by atoms with E-state index in [2.05, 4.69) is 37.9 Å². The molecule has 0 unspecified atom stereocenters. The van der Waals surface area contributed by atoms with Gasteiger partial charge in [-0.2, -0.15) is 0 Å². The Morgan fingerprint density at radius 3 is 2.70 bits per heavy atom. The summed E-state index contributed by atoms with van der Waals surface area (Å²) in [5.41, 5.74) is 1.11. The van der Waals surface area contributed by atoms with Crippen molar-refractivity contribution in [3.8, 4) is 17.1 Å². The number of anilines is 1. The second-order valence-corrected chi connectivity index (χ2v) is 5.12. The average molecular weight is 389 g/mol. The number of hydrogen-bond donors (Lipinski definition) is 2. The Balaban J connectivity index is 2.58. The van der Waals surface area contributed by atoms with Crippen LogP contribution in [0.3, 0.4) is 0 Å². The second-order valence-electron chi connectivity index (χ2n) is 4.04. The molecule has 0 fully saturated rings. The fraction of sp³-hybridized carbons (Fsp3) is 0.231. The van der Waals surface area contributed by atoms with Crippen LogP contribution >= 0.6 is 22.6 Å². The Morgan fingerprint density at radius 2 is 2.10 bits per heavy atom. The first-order chi connectivity index (χ1) is 9.55. The van der Waals surface area contributed by atoms with Crippen LogP contribution in [0.1, 0.15) is 5.69 Å². The minimum Gasteiger partial charge on any atom is -0.508 e. The number of methoxy groups -OCH3 is 1. The molecule has 2 aromatic rings. The monoisotopic (exact) mass is 389 g/mol. The van der Waals surface area contributed by atoms with Crippen LogP contribution < -0.4 is 5.32 Å². The van der Waals surface area contributed by atoms with E-state index >= 15 is 0 Å². The number of nitrogens with zero attached hydrogens (tertiary/aromatic N) is 2. The number of phenolic OH excluding ortho intramolecular Hbond substituents is 1. The molecule has 1 aromatic carbocycles. The van der Waals surface area contributed by atoms with Gasteiger partial charge in [0.05, 0.1) is 15.9 Å². The maximum atomic E-state index is 13.4. The van der Waals surface area contributed by atoms with Crippen LogP contribution in [-0.4, -0.2) is 29.2 Å². The van der Waals surface area contributed by atoms with E-state index in [9.17, 15) is 9.50 Å². The Hall–Kier alpha value is -1.48. The van der Waals surface area contributed by atoms with E-state index in [-0.39, 0.29) is 5.75 Å². The Bertz CT molecular complexity index is 617. The number of nitrogens with one attached hydrogen (secondary N) is 1. The van der Waals surface area contributed by atoms with Gasteiger partial charge < -0.3 is 15.2 Å². The quantitative estimate of drug-likeness (QED) is 0.788. The van der Waals surface area contributed by atoms with Crippen LogP contribution in [0.2, 0.25) is 0 Å². The molecule has 20 heavy (non-hydrogen) atoms.